The number of thioether (sulfide) groups is 1. The molecule has 1 fully saturated rings. The van der Waals surface area contributed by atoms with Crippen LogP contribution >= 0.6 is 11.8 Å². The van der Waals surface area contributed by atoms with Crippen LogP contribution in [0.2, 0.25) is 0 Å². The molecule has 1 N–H and O–H groups in total. The first kappa shape index (κ1) is 19.0. The Kier molecular flexibility index (Phi) is 5.77. The van der Waals surface area contributed by atoms with Crippen molar-refractivity contribution in [2.75, 3.05) is 0 Å². The predicted octanol–water partition coefficient (Wildman–Crippen LogP) is 5.06. The van der Waals surface area contributed by atoms with Crippen LogP contribution in [0.3, 0.4) is 0 Å². The van der Waals surface area contributed by atoms with Gasteiger partial charge in [0.2, 0.25) is 0 Å². The van der Waals surface area contributed by atoms with Crippen molar-refractivity contribution in [3.05, 3.63) is 107 Å². The number of nitrogens with zero attached hydrogens (tertiary/aromatic N) is 2. The summed E-state index contributed by atoms with van der Waals surface area (Å²) in [5.41, 5.74) is 3.02. The third kappa shape index (κ3) is 4.76. The van der Waals surface area contributed by atoms with E-state index in [1.807, 2.05) is 66.7 Å². The number of aliphatic imine (C=N–C) groups is 1. The Hall–Kier alpha value is -3.31. The zero-order valence-electron chi connectivity index (χ0n) is 15.7. The first-order valence-corrected chi connectivity index (χ1v) is 10.1. The fourth-order valence-corrected chi connectivity index (χ4v) is 3.97. The van der Waals surface area contributed by atoms with Gasteiger partial charge in [-0.1, -0.05) is 72.8 Å². The lowest BCUT2D eigenvalue weighted by atomic mass is 10.2. The van der Waals surface area contributed by atoms with Gasteiger partial charge >= 0.3 is 0 Å². The fourth-order valence-electron chi connectivity index (χ4n) is 3.00. The van der Waals surface area contributed by atoms with Crippen molar-refractivity contribution < 1.29 is 9.90 Å². The minimum Gasteiger partial charge on any atom is -0.508 e. The molecule has 0 saturated carbocycles. The average molecular weight is 401 g/mol. The number of benzene rings is 3. The lowest BCUT2D eigenvalue weighted by Gasteiger charge is -2.15. The SMILES string of the molecule is O=C1C(=Cc2ccc(O)cc2)SC(=NCc2ccccc2)N1Cc1ccccc1. The van der Waals surface area contributed by atoms with Crippen LogP contribution in [0, 0.1) is 0 Å². The van der Waals surface area contributed by atoms with E-state index in [1.54, 1.807) is 29.2 Å². The van der Waals surface area contributed by atoms with Gasteiger partial charge in [0.15, 0.2) is 5.17 Å². The Morgan fingerprint density at radius 3 is 2.14 bits per heavy atom. The maximum atomic E-state index is 13.1. The largest absolute Gasteiger partial charge is 0.508 e. The Morgan fingerprint density at radius 2 is 1.48 bits per heavy atom. The smallest absolute Gasteiger partial charge is 0.267 e. The maximum absolute atomic E-state index is 13.1. The summed E-state index contributed by atoms with van der Waals surface area (Å²) in [5.74, 6) is 0.145. The molecule has 0 aromatic heterocycles. The number of phenolic OH excluding ortho intramolecular Hbond substituents is 1. The van der Waals surface area contributed by atoms with E-state index in [-0.39, 0.29) is 11.7 Å². The number of hydrogen-bond acceptors (Lipinski definition) is 4. The molecule has 1 aliphatic rings. The van der Waals surface area contributed by atoms with Crippen molar-refractivity contribution in [2.45, 2.75) is 13.1 Å². The molecule has 4 rings (SSSR count). The lowest BCUT2D eigenvalue weighted by Crippen LogP contribution is -2.28. The van der Waals surface area contributed by atoms with Crippen molar-refractivity contribution in [2.24, 2.45) is 4.99 Å². The van der Waals surface area contributed by atoms with Crippen molar-refractivity contribution in [1.82, 2.24) is 4.90 Å². The molecule has 1 amide bonds. The molecule has 0 radical (unpaired) electrons. The Bertz CT molecular complexity index is 1050. The zero-order valence-corrected chi connectivity index (χ0v) is 16.5. The van der Waals surface area contributed by atoms with Gasteiger partial charge in [0.1, 0.15) is 5.75 Å². The predicted molar refractivity (Wildman–Crippen MR) is 118 cm³/mol. The second-order valence-electron chi connectivity index (χ2n) is 6.66. The number of carbonyl (C=O) groups is 1. The van der Waals surface area contributed by atoms with Gasteiger partial charge in [0.05, 0.1) is 18.0 Å². The third-order valence-electron chi connectivity index (χ3n) is 4.50. The number of aromatic hydroxyl groups is 1. The maximum Gasteiger partial charge on any atom is 0.267 e. The molecule has 0 spiro atoms. The highest BCUT2D eigenvalue weighted by Gasteiger charge is 2.33. The third-order valence-corrected chi connectivity index (χ3v) is 5.55. The summed E-state index contributed by atoms with van der Waals surface area (Å²) in [6, 6.07) is 26.7. The molecule has 144 valence electrons. The van der Waals surface area contributed by atoms with Gasteiger partial charge < -0.3 is 5.11 Å². The molecule has 5 heteroatoms. The quantitative estimate of drug-likeness (QED) is 0.609. The van der Waals surface area contributed by atoms with Crippen LogP contribution < -0.4 is 0 Å². The molecular weight excluding hydrogens is 380 g/mol. The monoisotopic (exact) mass is 400 g/mol. The van der Waals surface area contributed by atoms with Crippen LogP contribution in [-0.4, -0.2) is 21.1 Å². The Balaban J connectivity index is 1.62. The van der Waals surface area contributed by atoms with Gasteiger partial charge in [0.25, 0.3) is 5.91 Å². The van der Waals surface area contributed by atoms with Gasteiger partial charge in [-0.25, -0.2) is 0 Å². The second-order valence-corrected chi connectivity index (χ2v) is 7.67. The van der Waals surface area contributed by atoms with Crippen LogP contribution in [0.4, 0.5) is 0 Å². The van der Waals surface area contributed by atoms with E-state index >= 15 is 0 Å². The molecule has 0 atom stereocenters. The molecule has 3 aromatic carbocycles. The van der Waals surface area contributed by atoms with E-state index in [0.717, 1.165) is 16.7 Å². The van der Waals surface area contributed by atoms with Gasteiger partial charge in [-0.05, 0) is 46.7 Å². The minimum atomic E-state index is -0.0567. The van der Waals surface area contributed by atoms with Gasteiger partial charge in [-0.15, -0.1) is 0 Å². The molecule has 1 heterocycles. The molecule has 29 heavy (non-hydrogen) atoms. The van der Waals surface area contributed by atoms with E-state index in [9.17, 15) is 9.90 Å². The summed E-state index contributed by atoms with van der Waals surface area (Å²) in [4.78, 5) is 20.2. The Morgan fingerprint density at radius 1 is 0.862 bits per heavy atom. The first-order valence-electron chi connectivity index (χ1n) is 9.32. The van der Waals surface area contributed by atoms with E-state index in [0.29, 0.717) is 23.2 Å². The normalized spacial score (nSPS) is 16.7. The zero-order chi connectivity index (χ0) is 20.1. The standard InChI is InChI=1S/C24H20N2O2S/c27-21-13-11-18(12-14-21)15-22-23(28)26(17-20-9-5-2-6-10-20)24(29-22)25-16-19-7-3-1-4-8-19/h1-15,27H,16-17H2. The number of carbonyl (C=O) groups excluding carboxylic acids is 1. The summed E-state index contributed by atoms with van der Waals surface area (Å²) >= 11 is 1.39. The van der Waals surface area contributed by atoms with Crippen molar-refractivity contribution in [3.63, 3.8) is 0 Å². The summed E-state index contributed by atoms with van der Waals surface area (Å²) in [5, 5.41) is 10.2. The van der Waals surface area contributed by atoms with Crippen LogP contribution in [0.1, 0.15) is 16.7 Å². The number of hydrogen-bond donors (Lipinski definition) is 1. The lowest BCUT2D eigenvalue weighted by molar-refractivity contribution is -0.122. The molecular formula is C24H20N2O2S. The van der Waals surface area contributed by atoms with Crippen LogP contribution in [0.25, 0.3) is 6.08 Å². The highest BCUT2D eigenvalue weighted by atomic mass is 32.2. The highest BCUT2D eigenvalue weighted by Crippen LogP contribution is 2.34. The van der Waals surface area contributed by atoms with E-state index in [2.05, 4.69) is 0 Å². The Labute approximate surface area is 174 Å². The molecule has 1 saturated heterocycles. The first-order chi connectivity index (χ1) is 14.2. The number of rotatable bonds is 5. The fraction of sp³-hybridized carbons (Fsp3) is 0.0833. The molecule has 4 nitrogen and oxygen atoms in total. The van der Waals surface area contributed by atoms with Crippen LogP contribution in [-0.2, 0) is 17.9 Å². The van der Waals surface area contributed by atoms with Crippen molar-refractivity contribution >= 4 is 28.9 Å². The van der Waals surface area contributed by atoms with Crippen molar-refractivity contribution in [3.8, 4) is 5.75 Å². The van der Waals surface area contributed by atoms with E-state index < -0.39 is 0 Å². The second kappa shape index (κ2) is 8.80. The number of phenols is 1. The van der Waals surface area contributed by atoms with Gasteiger partial charge in [-0.3, -0.25) is 14.7 Å². The van der Waals surface area contributed by atoms with E-state index in [1.165, 1.54) is 11.8 Å². The van der Waals surface area contributed by atoms with Gasteiger partial charge in [0, 0.05) is 0 Å². The summed E-state index contributed by atoms with van der Waals surface area (Å²) in [7, 11) is 0. The van der Waals surface area contributed by atoms with Gasteiger partial charge in [-0.2, -0.15) is 0 Å². The minimum absolute atomic E-state index is 0.0567. The van der Waals surface area contributed by atoms with Crippen LogP contribution in [0.5, 0.6) is 5.75 Å². The number of amides is 1. The van der Waals surface area contributed by atoms with Crippen molar-refractivity contribution in [1.29, 1.82) is 0 Å². The molecule has 0 bridgehead atoms. The number of amidine groups is 1. The topological polar surface area (TPSA) is 52.9 Å². The molecule has 1 aliphatic heterocycles. The summed E-state index contributed by atoms with van der Waals surface area (Å²) < 4.78 is 0. The highest BCUT2D eigenvalue weighted by molar-refractivity contribution is 8.18. The van der Waals surface area contributed by atoms with E-state index in [4.69, 9.17) is 4.99 Å². The molecule has 0 aliphatic carbocycles. The van der Waals surface area contributed by atoms with Crippen LogP contribution in [0.15, 0.2) is 94.8 Å². The molecule has 3 aromatic rings. The molecule has 0 unspecified atom stereocenters. The summed E-state index contributed by atoms with van der Waals surface area (Å²) in [6.45, 7) is 1.00. The summed E-state index contributed by atoms with van der Waals surface area (Å²) in [6.07, 6.45) is 1.84. The average Bonchev–Trinajstić information content (AvgIpc) is 3.04.